The molecule has 0 unspecified atom stereocenters. The summed E-state index contributed by atoms with van der Waals surface area (Å²) in [6, 6.07) is 14.1. The lowest BCUT2D eigenvalue weighted by Crippen LogP contribution is -3.11. The molecule has 28 heavy (non-hydrogen) atoms. The first kappa shape index (κ1) is 19.3. The molecule has 2 aliphatic heterocycles. The molecule has 2 N–H and O–H groups in total. The van der Waals surface area contributed by atoms with E-state index in [1.807, 2.05) is 18.2 Å². The largest absolute Gasteiger partial charge is 0.492 e. The normalized spacial score (nSPS) is 19.5. The first-order chi connectivity index (χ1) is 13.7. The third-order valence-electron chi connectivity index (χ3n) is 5.87. The third-order valence-corrected chi connectivity index (χ3v) is 6.11. The van der Waals surface area contributed by atoms with E-state index in [2.05, 4.69) is 29.6 Å². The Bertz CT molecular complexity index is 833. The van der Waals surface area contributed by atoms with Crippen LogP contribution in [0.1, 0.15) is 36.0 Å². The summed E-state index contributed by atoms with van der Waals surface area (Å²) in [7, 11) is 0. The van der Waals surface area contributed by atoms with Crippen molar-refractivity contribution in [3.8, 4) is 5.75 Å². The van der Waals surface area contributed by atoms with Gasteiger partial charge in [-0.3, -0.25) is 4.79 Å². The minimum absolute atomic E-state index is 0.0470. The van der Waals surface area contributed by atoms with Gasteiger partial charge in [0.1, 0.15) is 18.9 Å². The molecule has 148 valence electrons. The molecule has 1 atom stereocenters. The molecule has 2 aliphatic rings. The van der Waals surface area contributed by atoms with Crippen LogP contribution in [-0.4, -0.2) is 25.6 Å². The van der Waals surface area contributed by atoms with E-state index >= 15 is 0 Å². The number of hydrogen-bond donors (Lipinski definition) is 2. The van der Waals surface area contributed by atoms with Crippen LogP contribution in [-0.2, 0) is 24.3 Å². The number of hydrogen-bond acceptors (Lipinski definition) is 2. The summed E-state index contributed by atoms with van der Waals surface area (Å²) < 4.78 is 5.77. The molecule has 0 bridgehead atoms. The number of fused-ring (bicyclic) bond motifs is 1. The quantitative estimate of drug-likeness (QED) is 0.811. The van der Waals surface area contributed by atoms with Gasteiger partial charge in [-0.2, -0.15) is 0 Å². The molecule has 2 heterocycles. The zero-order chi connectivity index (χ0) is 19.3. The minimum Gasteiger partial charge on any atom is -0.492 e. The maximum atomic E-state index is 12.7. The Kier molecular flexibility index (Phi) is 6.18. The number of piperidine rings is 1. The van der Waals surface area contributed by atoms with Gasteiger partial charge in [0, 0.05) is 17.1 Å². The second-order valence-electron chi connectivity index (χ2n) is 7.94. The van der Waals surface area contributed by atoms with Crippen LogP contribution in [0.3, 0.4) is 0 Å². The average molecular weight is 400 g/mol. The van der Waals surface area contributed by atoms with Gasteiger partial charge in [0.05, 0.1) is 19.0 Å². The maximum Gasteiger partial charge on any atom is 0.227 e. The van der Waals surface area contributed by atoms with Gasteiger partial charge in [-0.15, -0.1) is 0 Å². The van der Waals surface area contributed by atoms with Gasteiger partial charge in [0.15, 0.2) is 0 Å². The highest BCUT2D eigenvalue weighted by molar-refractivity contribution is 6.30. The fourth-order valence-corrected chi connectivity index (χ4v) is 4.45. The summed E-state index contributed by atoms with van der Waals surface area (Å²) in [4.78, 5) is 14.4. The number of benzene rings is 2. The number of halogens is 1. The van der Waals surface area contributed by atoms with E-state index in [0.717, 1.165) is 17.9 Å². The SMILES string of the molecule is O=C(NCc1ccccc1C[NH+]1CCCCC1)[C@H]1COc2ccc(Cl)cc2C1. The predicted molar refractivity (Wildman–Crippen MR) is 111 cm³/mol. The van der Waals surface area contributed by atoms with Crippen molar-refractivity contribution >= 4 is 17.5 Å². The Balaban J connectivity index is 1.36. The van der Waals surface area contributed by atoms with Crippen molar-refractivity contribution in [1.29, 1.82) is 0 Å². The van der Waals surface area contributed by atoms with Gasteiger partial charge in [-0.1, -0.05) is 35.9 Å². The van der Waals surface area contributed by atoms with Crippen molar-refractivity contribution in [3.05, 3.63) is 64.2 Å². The van der Waals surface area contributed by atoms with Crippen LogP contribution in [0.2, 0.25) is 5.02 Å². The molecule has 0 aliphatic carbocycles. The van der Waals surface area contributed by atoms with Crippen LogP contribution in [0.5, 0.6) is 5.75 Å². The maximum absolute atomic E-state index is 12.7. The predicted octanol–water partition coefficient (Wildman–Crippen LogP) is 2.78. The monoisotopic (exact) mass is 399 g/mol. The second kappa shape index (κ2) is 8.97. The molecule has 1 amide bonds. The molecule has 1 saturated heterocycles. The third kappa shape index (κ3) is 4.68. The molecule has 2 aromatic rings. The summed E-state index contributed by atoms with van der Waals surface area (Å²) in [5.41, 5.74) is 3.57. The number of amides is 1. The fourth-order valence-electron chi connectivity index (χ4n) is 4.26. The number of rotatable bonds is 5. The van der Waals surface area contributed by atoms with E-state index in [-0.39, 0.29) is 11.8 Å². The lowest BCUT2D eigenvalue weighted by molar-refractivity contribution is -0.918. The Morgan fingerprint density at radius 3 is 2.71 bits per heavy atom. The van der Waals surface area contributed by atoms with Crippen LogP contribution in [0.25, 0.3) is 0 Å². The first-order valence-corrected chi connectivity index (χ1v) is 10.7. The van der Waals surface area contributed by atoms with Gasteiger partial charge in [0.2, 0.25) is 5.91 Å². The molecule has 0 spiro atoms. The number of likely N-dealkylation sites (tertiary alicyclic amines) is 1. The Labute approximate surface area is 171 Å². The van der Waals surface area contributed by atoms with Gasteiger partial charge >= 0.3 is 0 Å². The Morgan fingerprint density at radius 1 is 1.11 bits per heavy atom. The highest BCUT2D eigenvalue weighted by Gasteiger charge is 2.26. The molecule has 0 aromatic heterocycles. The summed E-state index contributed by atoms with van der Waals surface area (Å²) in [5, 5.41) is 3.81. The number of carbonyl (C=O) groups is 1. The van der Waals surface area contributed by atoms with Crippen LogP contribution in [0.4, 0.5) is 0 Å². The van der Waals surface area contributed by atoms with Crippen molar-refractivity contribution in [2.75, 3.05) is 19.7 Å². The van der Waals surface area contributed by atoms with Crippen LogP contribution in [0, 0.1) is 5.92 Å². The van der Waals surface area contributed by atoms with E-state index in [1.165, 1.54) is 43.5 Å². The summed E-state index contributed by atoms with van der Waals surface area (Å²) in [6.07, 6.45) is 4.67. The summed E-state index contributed by atoms with van der Waals surface area (Å²) in [5.74, 6) is 0.708. The highest BCUT2D eigenvalue weighted by atomic mass is 35.5. The van der Waals surface area contributed by atoms with Gasteiger partial charge in [0.25, 0.3) is 0 Å². The lowest BCUT2D eigenvalue weighted by Gasteiger charge is -2.26. The molecular formula is C23H28ClN2O2+. The molecule has 5 heteroatoms. The van der Waals surface area contributed by atoms with Gasteiger partial charge in [-0.25, -0.2) is 0 Å². The molecule has 2 aromatic carbocycles. The number of carbonyl (C=O) groups excluding carboxylic acids is 1. The first-order valence-electron chi connectivity index (χ1n) is 10.3. The van der Waals surface area contributed by atoms with Crippen molar-refractivity contribution in [3.63, 3.8) is 0 Å². The summed E-state index contributed by atoms with van der Waals surface area (Å²) >= 11 is 6.08. The molecule has 0 saturated carbocycles. The summed E-state index contributed by atoms with van der Waals surface area (Å²) in [6.45, 7) is 4.54. The standard InChI is InChI=1S/C23H27ClN2O2/c24-21-8-9-22-19(13-21)12-20(16-28-22)23(27)25-14-17-6-2-3-7-18(17)15-26-10-4-1-5-11-26/h2-3,6-9,13,20H,1,4-5,10-12,14-16H2,(H,25,27)/p+1/t20-/m1/s1. The lowest BCUT2D eigenvalue weighted by atomic mass is 9.96. The van der Waals surface area contributed by atoms with Gasteiger partial charge in [-0.05, 0) is 55.0 Å². The van der Waals surface area contributed by atoms with E-state index < -0.39 is 0 Å². The average Bonchev–Trinajstić information content (AvgIpc) is 2.73. The molecular weight excluding hydrogens is 372 g/mol. The van der Waals surface area contributed by atoms with E-state index in [4.69, 9.17) is 16.3 Å². The molecule has 4 rings (SSSR count). The van der Waals surface area contributed by atoms with Gasteiger partial charge < -0.3 is 15.0 Å². The van der Waals surface area contributed by atoms with Crippen LogP contribution >= 0.6 is 11.6 Å². The zero-order valence-corrected chi connectivity index (χ0v) is 16.9. The van der Waals surface area contributed by atoms with Crippen LogP contribution in [0.15, 0.2) is 42.5 Å². The topological polar surface area (TPSA) is 42.8 Å². The minimum atomic E-state index is -0.175. The number of nitrogens with one attached hydrogen (secondary N) is 2. The van der Waals surface area contributed by atoms with Crippen LogP contribution < -0.4 is 15.0 Å². The number of quaternary nitrogens is 1. The van der Waals surface area contributed by atoms with E-state index in [9.17, 15) is 4.79 Å². The fraction of sp³-hybridized carbons (Fsp3) is 0.435. The zero-order valence-electron chi connectivity index (χ0n) is 16.2. The molecule has 1 fully saturated rings. The van der Waals surface area contributed by atoms with Crippen molar-refractivity contribution in [2.24, 2.45) is 5.92 Å². The Morgan fingerprint density at radius 2 is 1.89 bits per heavy atom. The highest BCUT2D eigenvalue weighted by Crippen LogP contribution is 2.29. The second-order valence-corrected chi connectivity index (χ2v) is 8.37. The van der Waals surface area contributed by atoms with Crippen molar-refractivity contribution < 1.29 is 14.4 Å². The smallest absolute Gasteiger partial charge is 0.227 e. The van der Waals surface area contributed by atoms with Crippen molar-refractivity contribution in [1.82, 2.24) is 5.32 Å². The van der Waals surface area contributed by atoms with E-state index in [1.54, 1.807) is 4.90 Å². The number of ether oxygens (including phenoxy) is 1. The van der Waals surface area contributed by atoms with Crippen molar-refractivity contribution in [2.45, 2.75) is 38.8 Å². The molecule has 4 nitrogen and oxygen atoms in total. The molecule has 0 radical (unpaired) electrons. The van der Waals surface area contributed by atoms with E-state index in [0.29, 0.717) is 24.6 Å². The Hall–Kier alpha value is -2.04.